The highest BCUT2D eigenvalue weighted by Gasteiger charge is 2.28. The van der Waals surface area contributed by atoms with Gasteiger partial charge in [0.2, 0.25) is 5.91 Å². The standard InChI is InChI=1S/C10H19ClN2O/c1-3-12(4-2)9-5-6-13(8-9)10(14)7-11/h9H,3-8H2,1-2H3. The number of likely N-dealkylation sites (tertiary alicyclic amines) is 1. The molecule has 1 rings (SSSR count). The molecule has 0 N–H and O–H groups in total. The molecule has 1 heterocycles. The van der Waals surface area contributed by atoms with E-state index in [4.69, 9.17) is 11.6 Å². The van der Waals surface area contributed by atoms with Crippen molar-refractivity contribution in [3.8, 4) is 0 Å². The van der Waals surface area contributed by atoms with Gasteiger partial charge in [-0.2, -0.15) is 0 Å². The van der Waals surface area contributed by atoms with Crippen LogP contribution >= 0.6 is 11.6 Å². The number of nitrogens with zero attached hydrogens (tertiary/aromatic N) is 2. The normalized spacial score (nSPS) is 22.0. The van der Waals surface area contributed by atoms with Crippen LogP contribution in [0.25, 0.3) is 0 Å². The summed E-state index contributed by atoms with van der Waals surface area (Å²) in [6, 6.07) is 0.539. The van der Waals surface area contributed by atoms with Crippen molar-refractivity contribution in [1.29, 1.82) is 0 Å². The van der Waals surface area contributed by atoms with Crippen LogP contribution in [0, 0.1) is 0 Å². The maximum absolute atomic E-state index is 11.3. The number of rotatable bonds is 4. The largest absolute Gasteiger partial charge is 0.340 e. The van der Waals surface area contributed by atoms with Crippen molar-refractivity contribution in [2.75, 3.05) is 32.1 Å². The third kappa shape index (κ3) is 2.61. The molecular weight excluding hydrogens is 200 g/mol. The topological polar surface area (TPSA) is 23.6 Å². The number of amides is 1. The molecule has 0 bridgehead atoms. The van der Waals surface area contributed by atoms with Crippen molar-refractivity contribution in [3.05, 3.63) is 0 Å². The summed E-state index contributed by atoms with van der Waals surface area (Å²) in [7, 11) is 0. The van der Waals surface area contributed by atoms with Crippen LogP contribution in [0.15, 0.2) is 0 Å². The highest BCUT2D eigenvalue weighted by atomic mass is 35.5. The lowest BCUT2D eigenvalue weighted by Crippen LogP contribution is -2.38. The van der Waals surface area contributed by atoms with Crippen molar-refractivity contribution in [2.45, 2.75) is 26.3 Å². The minimum Gasteiger partial charge on any atom is -0.340 e. The van der Waals surface area contributed by atoms with Gasteiger partial charge in [-0.25, -0.2) is 0 Å². The Balaban J connectivity index is 2.43. The van der Waals surface area contributed by atoms with Crippen molar-refractivity contribution < 1.29 is 4.79 Å². The van der Waals surface area contributed by atoms with Crippen molar-refractivity contribution in [3.63, 3.8) is 0 Å². The molecule has 14 heavy (non-hydrogen) atoms. The number of alkyl halides is 1. The average molecular weight is 219 g/mol. The summed E-state index contributed by atoms with van der Waals surface area (Å²) in [6.45, 7) is 8.17. The van der Waals surface area contributed by atoms with Crippen LogP contribution in [0.5, 0.6) is 0 Å². The van der Waals surface area contributed by atoms with Crippen LogP contribution in [-0.2, 0) is 4.79 Å². The number of hydrogen-bond donors (Lipinski definition) is 0. The molecule has 0 aliphatic carbocycles. The molecule has 0 aromatic carbocycles. The van der Waals surface area contributed by atoms with E-state index in [2.05, 4.69) is 18.7 Å². The van der Waals surface area contributed by atoms with Gasteiger partial charge in [0.15, 0.2) is 0 Å². The SMILES string of the molecule is CCN(CC)C1CCN(C(=O)CCl)C1. The summed E-state index contributed by atoms with van der Waals surface area (Å²) >= 11 is 5.52. The maximum Gasteiger partial charge on any atom is 0.237 e. The Morgan fingerprint density at radius 2 is 2.14 bits per heavy atom. The second kappa shape index (κ2) is 5.56. The second-order valence-electron chi connectivity index (χ2n) is 3.64. The van der Waals surface area contributed by atoms with E-state index in [-0.39, 0.29) is 11.8 Å². The first kappa shape index (κ1) is 11.8. The first-order valence-electron chi connectivity index (χ1n) is 5.30. The molecule has 1 saturated heterocycles. The average Bonchev–Trinajstić information content (AvgIpc) is 2.68. The highest BCUT2D eigenvalue weighted by molar-refractivity contribution is 6.27. The third-order valence-electron chi connectivity index (χ3n) is 2.96. The van der Waals surface area contributed by atoms with E-state index in [1.54, 1.807) is 0 Å². The first-order valence-corrected chi connectivity index (χ1v) is 5.84. The van der Waals surface area contributed by atoms with Crippen LogP contribution in [0.2, 0.25) is 0 Å². The summed E-state index contributed by atoms with van der Waals surface area (Å²) in [4.78, 5) is 15.6. The Morgan fingerprint density at radius 1 is 1.50 bits per heavy atom. The molecule has 1 fully saturated rings. The van der Waals surface area contributed by atoms with E-state index in [1.165, 1.54) is 0 Å². The quantitative estimate of drug-likeness (QED) is 0.662. The van der Waals surface area contributed by atoms with Gasteiger partial charge >= 0.3 is 0 Å². The first-order chi connectivity index (χ1) is 6.72. The molecule has 1 amide bonds. The molecule has 0 radical (unpaired) electrons. The van der Waals surface area contributed by atoms with Crippen LogP contribution in [-0.4, -0.2) is 53.8 Å². The van der Waals surface area contributed by atoms with E-state index in [0.29, 0.717) is 6.04 Å². The number of carbonyl (C=O) groups is 1. The number of likely N-dealkylation sites (N-methyl/N-ethyl adjacent to an activating group) is 1. The molecule has 4 heteroatoms. The van der Waals surface area contributed by atoms with Gasteiger partial charge in [0.25, 0.3) is 0 Å². The number of halogens is 1. The molecule has 1 aliphatic rings. The highest BCUT2D eigenvalue weighted by Crippen LogP contribution is 2.15. The lowest BCUT2D eigenvalue weighted by molar-refractivity contribution is -0.127. The van der Waals surface area contributed by atoms with Gasteiger partial charge in [0.1, 0.15) is 5.88 Å². The monoisotopic (exact) mass is 218 g/mol. The zero-order valence-electron chi connectivity index (χ0n) is 9.00. The molecule has 1 atom stereocenters. The lowest BCUT2D eigenvalue weighted by Gasteiger charge is -2.25. The predicted octanol–water partition coefficient (Wildman–Crippen LogP) is 1.17. The fraction of sp³-hybridized carbons (Fsp3) is 0.900. The maximum atomic E-state index is 11.3. The van der Waals surface area contributed by atoms with E-state index in [0.717, 1.165) is 32.6 Å². The van der Waals surface area contributed by atoms with Crippen molar-refractivity contribution in [1.82, 2.24) is 9.80 Å². The van der Waals surface area contributed by atoms with Gasteiger partial charge < -0.3 is 4.90 Å². The van der Waals surface area contributed by atoms with Crippen molar-refractivity contribution >= 4 is 17.5 Å². The zero-order valence-corrected chi connectivity index (χ0v) is 9.76. The molecule has 1 unspecified atom stereocenters. The number of carbonyl (C=O) groups excluding carboxylic acids is 1. The van der Waals surface area contributed by atoms with E-state index in [1.807, 2.05) is 4.90 Å². The molecule has 0 spiro atoms. The van der Waals surface area contributed by atoms with E-state index in [9.17, 15) is 4.79 Å². The second-order valence-corrected chi connectivity index (χ2v) is 3.90. The Bertz CT molecular complexity index is 195. The zero-order chi connectivity index (χ0) is 10.6. The summed E-state index contributed by atoms with van der Waals surface area (Å²) in [6.07, 6.45) is 1.09. The molecule has 3 nitrogen and oxygen atoms in total. The van der Waals surface area contributed by atoms with Gasteiger partial charge in [-0.05, 0) is 19.5 Å². The number of hydrogen-bond acceptors (Lipinski definition) is 2. The van der Waals surface area contributed by atoms with Gasteiger partial charge in [0, 0.05) is 19.1 Å². The summed E-state index contributed by atoms with van der Waals surface area (Å²) in [5.74, 6) is 0.187. The van der Waals surface area contributed by atoms with Gasteiger partial charge in [0.05, 0.1) is 0 Å². The predicted molar refractivity (Wildman–Crippen MR) is 58.6 cm³/mol. The van der Waals surface area contributed by atoms with E-state index >= 15 is 0 Å². The summed E-state index contributed by atoms with van der Waals surface area (Å²) in [5, 5.41) is 0. The van der Waals surface area contributed by atoms with Gasteiger partial charge in [-0.1, -0.05) is 13.8 Å². The van der Waals surface area contributed by atoms with Crippen LogP contribution in [0.4, 0.5) is 0 Å². The Morgan fingerprint density at radius 3 is 2.64 bits per heavy atom. The van der Waals surface area contributed by atoms with Gasteiger partial charge in [-0.15, -0.1) is 11.6 Å². The van der Waals surface area contributed by atoms with Crippen LogP contribution < -0.4 is 0 Å². The minimum absolute atomic E-state index is 0.0707. The summed E-state index contributed by atoms with van der Waals surface area (Å²) < 4.78 is 0. The lowest BCUT2D eigenvalue weighted by atomic mass is 10.2. The van der Waals surface area contributed by atoms with Crippen molar-refractivity contribution in [2.24, 2.45) is 0 Å². The summed E-state index contributed by atoms with van der Waals surface area (Å²) in [5.41, 5.74) is 0. The third-order valence-corrected chi connectivity index (χ3v) is 3.19. The molecule has 0 aromatic rings. The van der Waals surface area contributed by atoms with Gasteiger partial charge in [-0.3, -0.25) is 9.69 Å². The smallest absolute Gasteiger partial charge is 0.237 e. The van der Waals surface area contributed by atoms with E-state index < -0.39 is 0 Å². The minimum atomic E-state index is 0.0707. The molecule has 82 valence electrons. The Kier molecular flexibility index (Phi) is 4.69. The fourth-order valence-electron chi connectivity index (χ4n) is 2.09. The Labute approximate surface area is 91.0 Å². The fourth-order valence-corrected chi connectivity index (χ4v) is 2.26. The van der Waals surface area contributed by atoms with Crippen LogP contribution in [0.3, 0.4) is 0 Å². The molecular formula is C10H19ClN2O. The molecule has 0 aromatic heterocycles. The van der Waals surface area contributed by atoms with Crippen LogP contribution in [0.1, 0.15) is 20.3 Å². The Hall–Kier alpha value is -0.280. The molecule has 1 aliphatic heterocycles. The molecule has 0 saturated carbocycles.